The number of fused-ring (bicyclic) bond motifs is 2. The number of amides is 1. The van der Waals surface area contributed by atoms with Crippen LogP contribution in [0.4, 0.5) is 23.8 Å². The number of likely N-dealkylation sites (tertiary alicyclic amines) is 1. The molecule has 0 N–H and O–H groups in total. The number of hydrogen-bond donors (Lipinski definition) is 0. The Hall–Kier alpha value is -1.70. The molecule has 138 valence electrons. The van der Waals surface area contributed by atoms with Crippen LogP contribution < -0.4 is 4.90 Å². The summed E-state index contributed by atoms with van der Waals surface area (Å²) in [6, 6.07) is 0.806. The summed E-state index contributed by atoms with van der Waals surface area (Å²) in [7, 11) is 0. The maximum atomic E-state index is 12.7. The highest BCUT2D eigenvalue weighted by molar-refractivity contribution is 6.33. The zero-order valence-electron chi connectivity index (χ0n) is 14.1. The van der Waals surface area contributed by atoms with Crippen molar-refractivity contribution in [1.82, 2.24) is 9.88 Å². The molecule has 3 rings (SSSR count). The van der Waals surface area contributed by atoms with Gasteiger partial charge in [-0.15, -0.1) is 0 Å². The number of nitrogens with zero attached hydrogens (tertiary/aromatic N) is 3. The molecule has 2 atom stereocenters. The lowest BCUT2D eigenvalue weighted by Gasteiger charge is -2.36. The SMILES string of the molecule is CC(C)(C)OC(=O)N1CC2CC1CN2c1ncc(C(F)(F)F)cc1Cl. The minimum Gasteiger partial charge on any atom is -0.444 e. The molecular formula is C16H19ClF3N3O2. The first-order chi connectivity index (χ1) is 11.5. The van der Waals surface area contributed by atoms with Crippen molar-refractivity contribution in [1.29, 1.82) is 0 Å². The average molecular weight is 378 g/mol. The van der Waals surface area contributed by atoms with Crippen LogP contribution in [-0.4, -0.2) is 46.8 Å². The topological polar surface area (TPSA) is 45.7 Å². The van der Waals surface area contributed by atoms with E-state index in [-0.39, 0.29) is 23.2 Å². The molecule has 0 saturated carbocycles. The number of anilines is 1. The van der Waals surface area contributed by atoms with Crippen molar-refractivity contribution in [2.24, 2.45) is 0 Å². The Kier molecular flexibility index (Phi) is 4.29. The number of alkyl halides is 3. The fourth-order valence-corrected chi connectivity index (χ4v) is 3.54. The average Bonchev–Trinajstić information content (AvgIpc) is 3.04. The molecule has 1 amide bonds. The third kappa shape index (κ3) is 3.63. The summed E-state index contributed by atoms with van der Waals surface area (Å²) in [5.74, 6) is 0.325. The lowest BCUT2D eigenvalue weighted by Crippen LogP contribution is -2.50. The van der Waals surface area contributed by atoms with Crippen molar-refractivity contribution in [3.63, 3.8) is 0 Å². The summed E-state index contributed by atoms with van der Waals surface area (Å²) in [5, 5.41) is -0.0359. The Morgan fingerprint density at radius 2 is 1.96 bits per heavy atom. The van der Waals surface area contributed by atoms with Gasteiger partial charge in [0, 0.05) is 19.3 Å². The molecule has 2 saturated heterocycles. The molecule has 3 heterocycles. The van der Waals surface area contributed by atoms with Gasteiger partial charge in [-0.05, 0) is 33.3 Å². The molecule has 2 aliphatic heterocycles. The number of pyridine rings is 1. The summed E-state index contributed by atoms with van der Waals surface area (Å²) in [5.41, 5.74) is -1.45. The number of rotatable bonds is 1. The minimum atomic E-state index is -4.48. The molecule has 1 aromatic rings. The van der Waals surface area contributed by atoms with E-state index in [2.05, 4.69) is 4.98 Å². The Morgan fingerprint density at radius 1 is 1.28 bits per heavy atom. The van der Waals surface area contributed by atoms with Crippen molar-refractivity contribution < 1.29 is 22.7 Å². The number of ether oxygens (including phenoxy) is 1. The Balaban J connectivity index is 1.72. The number of carbonyl (C=O) groups excluding carboxylic acids is 1. The highest BCUT2D eigenvalue weighted by Gasteiger charge is 2.47. The monoisotopic (exact) mass is 377 g/mol. The van der Waals surface area contributed by atoms with Crippen molar-refractivity contribution in [3.8, 4) is 0 Å². The standard InChI is InChI=1S/C16H19ClF3N3O2/c1-15(2,3)25-14(24)23-8-10-5-11(23)7-22(10)13-12(17)4-9(6-21-13)16(18,19)20/h4,6,10-11H,5,7-8H2,1-3H3. The van der Waals surface area contributed by atoms with Gasteiger partial charge in [0.2, 0.25) is 0 Å². The minimum absolute atomic E-state index is 0.0285. The third-order valence-electron chi connectivity index (χ3n) is 4.29. The molecule has 25 heavy (non-hydrogen) atoms. The fourth-order valence-electron chi connectivity index (χ4n) is 3.27. The van der Waals surface area contributed by atoms with E-state index in [1.165, 1.54) is 0 Å². The van der Waals surface area contributed by atoms with Gasteiger partial charge in [-0.25, -0.2) is 9.78 Å². The second kappa shape index (κ2) is 5.93. The molecule has 0 spiro atoms. The van der Waals surface area contributed by atoms with Crippen LogP contribution >= 0.6 is 11.6 Å². The van der Waals surface area contributed by atoms with Gasteiger partial charge < -0.3 is 14.5 Å². The lowest BCUT2D eigenvalue weighted by molar-refractivity contribution is -0.137. The second-order valence-corrected chi connectivity index (χ2v) is 7.76. The number of halogens is 4. The Labute approximate surface area is 148 Å². The van der Waals surface area contributed by atoms with E-state index in [0.29, 0.717) is 18.9 Å². The Bertz CT molecular complexity index is 690. The van der Waals surface area contributed by atoms with Gasteiger partial charge in [-0.2, -0.15) is 13.2 Å². The van der Waals surface area contributed by atoms with Crippen LogP contribution in [0.15, 0.2) is 12.3 Å². The van der Waals surface area contributed by atoms with Gasteiger partial charge in [-0.3, -0.25) is 0 Å². The maximum Gasteiger partial charge on any atom is 0.417 e. The van der Waals surface area contributed by atoms with Gasteiger partial charge in [0.1, 0.15) is 11.4 Å². The van der Waals surface area contributed by atoms with E-state index < -0.39 is 17.3 Å². The smallest absolute Gasteiger partial charge is 0.417 e. The van der Waals surface area contributed by atoms with E-state index in [1.807, 2.05) is 4.90 Å². The summed E-state index contributed by atoms with van der Waals surface area (Å²) in [6.07, 6.45) is -3.34. The van der Waals surface area contributed by atoms with Gasteiger partial charge in [0.25, 0.3) is 0 Å². The van der Waals surface area contributed by atoms with Gasteiger partial charge in [-0.1, -0.05) is 11.6 Å². The van der Waals surface area contributed by atoms with Crippen molar-refractivity contribution in [2.45, 2.75) is 51.1 Å². The molecule has 5 nitrogen and oxygen atoms in total. The molecule has 0 aliphatic carbocycles. The molecule has 2 fully saturated rings. The lowest BCUT2D eigenvalue weighted by atomic mass is 10.2. The molecule has 0 radical (unpaired) electrons. The van der Waals surface area contributed by atoms with Gasteiger partial charge in [0.05, 0.1) is 22.7 Å². The van der Waals surface area contributed by atoms with Gasteiger partial charge >= 0.3 is 12.3 Å². The number of aromatic nitrogens is 1. The first kappa shape index (κ1) is 18.1. The van der Waals surface area contributed by atoms with Crippen LogP contribution in [0, 0.1) is 0 Å². The second-order valence-electron chi connectivity index (χ2n) is 7.36. The van der Waals surface area contributed by atoms with Crippen LogP contribution in [0.25, 0.3) is 0 Å². The first-order valence-electron chi connectivity index (χ1n) is 7.95. The van der Waals surface area contributed by atoms with Crippen LogP contribution in [-0.2, 0) is 10.9 Å². The third-order valence-corrected chi connectivity index (χ3v) is 4.57. The number of carbonyl (C=O) groups is 1. The van der Waals surface area contributed by atoms with Crippen LogP contribution in [0.5, 0.6) is 0 Å². The van der Waals surface area contributed by atoms with E-state index in [9.17, 15) is 18.0 Å². The van der Waals surface area contributed by atoms with Crippen LogP contribution in [0.2, 0.25) is 5.02 Å². The maximum absolute atomic E-state index is 12.7. The summed E-state index contributed by atoms with van der Waals surface area (Å²) >= 11 is 6.03. The molecule has 0 aromatic carbocycles. The van der Waals surface area contributed by atoms with Crippen LogP contribution in [0.3, 0.4) is 0 Å². The molecule has 2 bridgehead atoms. The predicted molar refractivity (Wildman–Crippen MR) is 86.7 cm³/mol. The highest BCUT2D eigenvalue weighted by Crippen LogP contribution is 2.39. The zero-order valence-corrected chi connectivity index (χ0v) is 14.9. The quantitative estimate of drug-likeness (QED) is 0.743. The van der Waals surface area contributed by atoms with E-state index in [0.717, 1.165) is 18.7 Å². The first-order valence-corrected chi connectivity index (χ1v) is 8.32. The van der Waals surface area contributed by atoms with E-state index >= 15 is 0 Å². The molecular weight excluding hydrogens is 359 g/mol. The van der Waals surface area contributed by atoms with Crippen LogP contribution in [0.1, 0.15) is 32.8 Å². The van der Waals surface area contributed by atoms with E-state index in [1.54, 1.807) is 25.7 Å². The summed E-state index contributed by atoms with van der Waals surface area (Å²) < 4.78 is 43.6. The Morgan fingerprint density at radius 3 is 2.44 bits per heavy atom. The fraction of sp³-hybridized carbons (Fsp3) is 0.625. The molecule has 2 aliphatic rings. The largest absolute Gasteiger partial charge is 0.444 e. The molecule has 1 aromatic heterocycles. The normalized spacial score (nSPS) is 23.3. The molecule has 2 unspecified atom stereocenters. The van der Waals surface area contributed by atoms with Crippen molar-refractivity contribution in [3.05, 3.63) is 22.8 Å². The number of hydrogen-bond acceptors (Lipinski definition) is 4. The summed E-state index contributed by atoms with van der Waals surface area (Å²) in [6.45, 7) is 6.33. The van der Waals surface area contributed by atoms with Crippen molar-refractivity contribution in [2.75, 3.05) is 18.0 Å². The summed E-state index contributed by atoms with van der Waals surface area (Å²) in [4.78, 5) is 19.7. The number of piperazine rings is 1. The zero-order chi connectivity index (χ0) is 18.6. The highest BCUT2D eigenvalue weighted by atomic mass is 35.5. The van der Waals surface area contributed by atoms with Gasteiger partial charge in [0.15, 0.2) is 0 Å². The van der Waals surface area contributed by atoms with Crippen molar-refractivity contribution >= 4 is 23.5 Å². The van der Waals surface area contributed by atoms with E-state index in [4.69, 9.17) is 16.3 Å². The predicted octanol–water partition coefficient (Wildman–Crippen LogP) is 3.95. The molecule has 9 heteroatoms.